The molecule has 0 bridgehead atoms. The van der Waals surface area contributed by atoms with Gasteiger partial charge in [0.25, 0.3) is 0 Å². The van der Waals surface area contributed by atoms with E-state index in [1.165, 1.54) is 38.5 Å². The molecule has 0 radical (unpaired) electrons. The van der Waals surface area contributed by atoms with E-state index in [-0.39, 0.29) is 19.6 Å². The Hall–Kier alpha value is -1.62. The van der Waals surface area contributed by atoms with E-state index in [2.05, 4.69) is 13.5 Å². The first-order chi connectivity index (χ1) is 12.6. The summed E-state index contributed by atoms with van der Waals surface area (Å²) in [6.07, 6.45) is 15.3. The van der Waals surface area contributed by atoms with Crippen LogP contribution in [-0.4, -0.2) is 31.8 Å². The van der Waals surface area contributed by atoms with Crippen LogP contribution >= 0.6 is 0 Å². The average molecular weight is 368 g/mol. The number of carbonyl (C=O) groups is 2. The third-order valence-electron chi connectivity index (χ3n) is 4.02. The van der Waals surface area contributed by atoms with Gasteiger partial charge in [-0.05, 0) is 19.3 Å². The molecule has 0 saturated carbocycles. The molecule has 5 nitrogen and oxygen atoms in total. The topological polar surface area (TPSA) is 75.7 Å². The van der Waals surface area contributed by atoms with Crippen molar-refractivity contribution in [1.82, 2.24) is 0 Å². The van der Waals surface area contributed by atoms with Crippen LogP contribution in [0.1, 0.15) is 71.1 Å². The van der Waals surface area contributed by atoms with Crippen molar-refractivity contribution in [2.45, 2.75) is 71.1 Å². The number of unbranched alkanes of at least 4 members (excludes halogenated alkanes) is 7. The largest absolute Gasteiger partial charge is 0.550 e. The third kappa shape index (κ3) is 15.9. The van der Waals surface area contributed by atoms with Gasteiger partial charge in [0.1, 0.15) is 6.61 Å². The second kappa shape index (κ2) is 18.2. The molecule has 0 heterocycles. The lowest BCUT2D eigenvalue weighted by Gasteiger charge is -2.15. The number of carbonyl (C=O) groups excluding carboxylic acids is 2. The van der Waals surface area contributed by atoms with Gasteiger partial charge >= 0.3 is 5.97 Å². The summed E-state index contributed by atoms with van der Waals surface area (Å²) < 4.78 is 10.2. The van der Waals surface area contributed by atoms with Crippen LogP contribution in [-0.2, 0) is 19.1 Å². The summed E-state index contributed by atoms with van der Waals surface area (Å²) in [6.45, 7) is 6.50. The van der Waals surface area contributed by atoms with Crippen LogP contribution in [0.15, 0.2) is 24.8 Å². The molecular formula is C21H35O5-. The molecule has 0 aromatic heterocycles. The molecule has 26 heavy (non-hydrogen) atoms. The van der Waals surface area contributed by atoms with Gasteiger partial charge in [0.05, 0.1) is 19.1 Å². The van der Waals surface area contributed by atoms with Gasteiger partial charge in [-0.25, -0.2) is 0 Å². The van der Waals surface area contributed by atoms with Gasteiger partial charge in [-0.3, -0.25) is 4.79 Å². The molecule has 0 spiro atoms. The normalized spacial score (nSPS) is 12.2. The molecule has 0 aromatic carbocycles. The van der Waals surface area contributed by atoms with E-state index < -0.39 is 17.9 Å². The molecule has 0 fully saturated rings. The van der Waals surface area contributed by atoms with E-state index in [0.29, 0.717) is 13.0 Å². The van der Waals surface area contributed by atoms with Gasteiger partial charge in [-0.15, -0.1) is 6.58 Å². The number of hydrogen-bond donors (Lipinski definition) is 0. The zero-order valence-corrected chi connectivity index (χ0v) is 16.3. The predicted molar refractivity (Wildman–Crippen MR) is 101 cm³/mol. The first-order valence-electron chi connectivity index (χ1n) is 9.81. The van der Waals surface area contributed by atoms with Crippen LogP contribution in [0.25, 0.3) is 0 Å². The fourth-order valence-corrected chi connectivity index (χ4v) is 2.55. The monoisotopic (exact) mass is 367 g/mol. The summed E-state index contributed by atoms with van der Waals surface area (Å²) in [5, 5.41) is 10.8. The minimum Gasteiger partial charge on any atom is -0.550 e. The van der Waals surface area contributed by atoms with E-state index >= 15 is 0 Å². The number of ether oxygens (including phenoxy) is 2. The van der Waals surface area contributed by atoms with Gasteiger partial charge in [0.15, 0.2) is 0 Å². The van der Waals surface area contributed by atoms with Crippen LogP contribution in [0.5, 0.6) is 0 Å². The lowest BCUT2D eigenvalue weighted by Crippen LogP contribution is -2.29. The highest BCUT2D eigenvalue weighted by Gasteiger charge is 2.18. The van der Waals surface area contributed by atoms with Crippen molar-refractivity contribution >= 4 is 11.9 Å². The van der Waals surface area contributed by atoms with Crippen molar-refractivity contribution in [3.05, 3.63) is 24.8 Å². The number of aliphatic carboxylic acids is 1. The first-order valence-corrected chi connectivity index (χ1v) is 9.81. The van der Waals surface area contributed by atoms with Crippen LogP contribution in [0, 0.1) is 5.92 Å². The van der Waals surface area contributed by atoms with E-state index in [4.69, 9.17) is 9.47 Å². The van der Waals surface area contributed by atoms with Crippen molar-refractivity contribution < 1.29 is 24.2 Å². The Balaban J connectivity index is 3.95. The maximum absolute atomic E-state index is 12.0. The number of carboxylic acid groups (broad SMARTS) is 1. The number of rotatable bonds is 18. The molecule has 0 aliphatic rings. The van der Waals surface area contributed by atoms with Gasteiger partial charge in [0, 0.05) is 12.4 Å². The number of hydrogen-bond acceptors (Lipinski definition) is 5. The van der Waals surface area contributed by atoms with Gasteiger partial charge in [-0.1, -0.05) is 63.7 Å². The van der Waals surface area contributed by atoms with Crippen molar-refractivity contribution in [3.63, 3.8) is 0 Å². The van der Waals surface area contributed by atoms with Gasteiger partial charge < -0.3 is 19.4 Å². The standard InChI is InChI=1S/C21H36O5/c1-3-5-6-7-8-9-10-11-12-13-14-19(18-20(22)23)21(24)26-17-16-25-15-4-2/h4,12-13,19H,2-3,5-11,14-18H2,1H3,(H,22,23)/p-1/b13-12+. The Morgan fingerprint density at radius 2 is 1.73 bits per heavy atom. The molecule has 0 amide bonds. The van der Waals surface area contributed by atoms with Crippen LogP contribution < -0.4 is 5.11 Å². The predicted octanol–water partition coefficient (Wildman–Crippen LogP) is 3.58. The van der Waals surface area contributed by atoms with Crippen LogP contribution in [0.4, 0.5) is 0 Å². The summed E-state index contributed by atoms with van der Waals surface area (Å²) in [6, 6.07) is 0. The Morgan fingerprint density at radius 1 is 1.04 bits per heavy atom. The molecule has 0 saturated heterocycles. The molecule has 1 atom stereocenters. The zero-order chi connectivity index (χ0) is 19.5. The zero-order valence-electron chi connectivity index (χ0n) is 16.3. The lowest BCUT2D eigenvalue weighted by atomic mass is 10.0. The smallest absolute Gasteiger partial charge is 0.309 e. The molecule has 1 unspecified atom stereocenters. The summed E-state index contributed by atoms with van der Waals surface area (Å²) in [4.78, 5) is 22.8. The molecule has 0 N–H and O–H groups in total. The highest BCUT2D eigenvalue weighted by atomic mass is 16.6. The van der Waals surface area contributed by atoms with Gasteiger partial charge in [-0.2, -0.15) is 0 Å². The van der Waals surface area contributed by atoms with Crippen molar-refractivity contribution in [2.24, 2.45) is 5.92 Å². The number of carboxylic acids is 1. The molecule has 0 aliphatic carbocycles. The van der Waals surface area contributed by atoms with Crippen molar-refractivity contribution in [3.8, 4) is 0 Å². The summed E-state index contributed by atoms with van der Waals surface area (Å²) in [7, 11) is 0. The first kappa shape index (κ1) is 24.4. The van der Waals surface area contributed by atoms with E-state index in [0.717, 1.165) is 12.8 Å². The van der Waals surface area contributed by atoms with Gasteiger partial charge in [0.2, 0.25) is 0 Å². The minimum absolute atomic E-state index is 0.109. The summed E-state index contributed by atoms with van der Waals surface area (Å²) >= 11 is 0. The third-order valence-corrected chi connectivity index (χ3v) is 4.02. The minimum atomic E-state index is -1.24. The van der Waals surface area contributed by atoms with Crippen LogP contribution in [0.2, 0.25) is 0 Å². The average Bonchev–Trinajstić information content (AvgIpc) is 2.61. The number of allylic oxidation sites excluding steroid dienone is 2. The number of esters is 1. The summed E-state index contributed by atoms with van der Waals surface area (Å²) in [5.41, 5.74) is 0. The maximum Gasteiger partial charge on any atom is 0.309 e. The quantitative estimate of drug-likeness (QED) is 0.210. The second-order valence-electron chi connectivity index (χ2n) is 6.42. The van der Waals surface area contributed by atoms with E-state index in [1.807, 2.05) is 12.2 Å². The molecule has 0 rings (SSSR count). The lowest BCUT2D eigenvalue weighted by molar-refractivity contribution is -0.306. The summed E-state index contributed by atoms with van der Waals surface area (Å²) in [5.74, 6) is -2.46. The highest BCUT2D eigenvalue weighted by Crippen LogP contribution is 2.13. The van der Waals surface area contributed by atoms with E-state index in [1.54, 1.807) is 6.08 Å². The van der Waals surface area contributed by atoms with E-state index in [9.17, 15) is 14.7 Å². The molecule has 0 aromatic rings. The fraction of sp³-hybridized carbons (Fsp3) is 0.714. The highest BCUT2D eigenvalue weighted by molar-refractivity contribution is 5.78. The molecule has 5 heteroatoms. The Kier molecular flexibility index (Phi) is 17.0. The second-order valence-corrected chi connectivity index (χ2v) is 6.42. The maximum atomic E-state index is 12.0. The Bertz CT molecular complexity index is 403. The molecule has 150 valence electrons. The van der Waals surface area contributed by atoms with Crippen molar-refractivity contribution in [1.29, 1.82) is 0 Å². The Morgan fingerprint density at radius 3 is 2.38 bits per heavy atom. The Labute approximate surface area is 158 Å². The molecular weight excluding hydrogens is 332 g/mol. The molecule has 0 aliphatic heterocycles. The van der Waals surface area contributed by atoms with Crippen LogP contribution in [0.3, 0.4) is 0 Å². The van der Waals surface area contributed by atoms with Crippen molar-refractivity contribution in [2.75, 3.05) is 19.8 Å². The SMILES string of the molecule is C=CCOCCOC(=O)C(C/C=C/CCCCCCCCC)CC(=O)[O-]. The fourth-order valence-electron chi connectivity index (χ4n) is 2.55.